The van der Waals surface area contributed by atoms with Gasteiger partial charge in [0.15, 0.2) is 0 Å². The van der Waals surface area contributed by atoms with Crippen LogP contribution in [0, 0.1) is 11.8 Å². The molecular formula is C12H23NO2. The van der Waals surface area contributed by atoms with E-state index in [2.05, 4.69) is 25.7 Å². The number of carbonyl (C=O) groups is 1. The molecule has 1 aliphatic rings. The van der Waals surface area contributed by atoms with Crippen molar-refractivity contribution >= 4 is 5.97 Å². The SMILES string of the molecule is CCCC(CC)N1C[C@@H](C)[C@H](C(=O)O)C1. The van der Waals surface area contributed by atoms with Crippen molar-refractivity contribution in [1.29, 1.82) is 0 Å². The minimum atomic E-state index is -0.628. The Morgan fingerprint density at radius 2 is 2.13 bits per heavy atom. The molecule has 1 saturated heterocycles. The third-order valence-corrected chi connectivity index (χ3v) is 3.57. The summed E-state index contributed by atoms with van der Waals surface area (Å²) in [7, 11) is 0. The van der Waals surface area contributed by atoms with E-state index in [9.17, 15) is 4.79 Å². The summed E-state index contributed by atoms with van der Waals surface area (Å²) >= 11 is 0. The predicted molar refractivity (Wildman–Crippen MR) is 60.8 cm³/mol. The molecule has 0 aliphatic carbocycles. The van der Waals surface area contributed by atoms with Gasteiger partial charge in [-0.1, -0.05) is 27.2 Å². The van der Waals surface area contributed by atoms with Crippen molar-refractivity contribution in [2.45, 2.75) is 46.1 Å². The highest BCUT2D eigenvalue weighted by Gasteiger charge is 2.36. The number of likely N-dealkylation sites (tertiary alicyclic amines) is 1. The average molecular weight is 213 g/mol. The second-order valence-electron chi connectivity index (χ2n) is 4.73. The standard InChI is InChI=1S/C12H23NO2/c1-4-6-10(5-2)13-7-9(3)11(8-13)12(14)15/h9-11H,4-8H2,1-3H3,(H,14,15)/t9-,10?,11-/m1/s1. The zero-order valence-electron chi connectivity index (χ0n) is 10.1. The Morgan fingerprint density at radius 1 is 1.47 bits per heavy atom. The molecule has 1 N–H and O–H groups in total. The Bertz CT molecular complexity index is 218. The second-order valence-corrected chi connectivity index (χ2v) is 4.73. The zero-order valence-corrected chi connectivity index (χ0v) is 10.1. The molecule has 0 aromatic heterocycles. The first-order valence-corrected chi connectivity index (χ1v) is 6.06. The topological polar surface area (TPSA) is 40.5 Å². The molecule has 0 bridgehead atoms. The van der Waals surface area contributed by atoms with Crippen molar-refractivity contribution in [2.24, 2.45) is 11.8 Å². The molecular weight excluding hydrogens is 190 g/mol. The van der Waals surface area contributed by atoms with Crippen LogP contribution in [0.15, 0.2) is 0 Å². The molecule has 1 unspecified atom stereocenters. The van der Waals surface area contributed by atoms with Gasteiger partial charge in [0.25, 0.3) is 0 Å². The lowest BCUT2D eigenvalue weighted by Gasteiger charge is -2.26. The number of aliphatic carboxylic acids is 1. The van der Waals surface area contributed by atoms with E-state index in [-0.39, 0.29) is 5.92 Å². The van der Waals surface area contributed by atoms with Crippen molar-refractivity contribution in [3.05, 3.63) is 0 Å². The van der Waals surface area contributed by atoms with E-state index >= 15 is 0 Å². The maximum atomic E-state index is 11.0. The smallest absolute Gasteiger partial charge is 0.308 e. The molecule has 0 radical (unpaired) electrons. The summed E-state index contributed by atoms with van der Waals surface area (Å²) in [6.07, 6.45) is 3.50. The molecule has 0 amide bonds. The highest BCUT2D eigenvalue weighted by atomic mass is 16.4. The quantitative estimate of drug-likeness (QED) is 0.761. The number of carboxylic acid groups (broad SMARTS) is 1. The van der Waals surface area contributed by atoms with Crippen LogP contribution in [0.4, 0.5) is 0 Å². The van der Waals surface area contributed by atoms with Gasteiger partial charge in [-0.15, -0.1) is 0 Å². The van der Waals surface area contributed by atoms with Crippen LogP contribution >= 0.6 is 0 Å². The van der Waals surface area contributed by atoms with Crippen LogP contribution in [0.2, 0.25) is 0 Å². The highest BCUT2D eigenvalue weighted by molar-refractivity contribution is 5.71. The molecule has 3 atom stereocenters. The van der Waals surface area contributed by atoms with Gasteiger partial charge in [0.2, 0.25) is 0 Å². The summed E-state index contributed by atoms with van der Waals surface area (Å²) in [4.78, 5) is 13.4. The number of nitrogens with zero attached hydrogens (tertiary/aromatic N) is 1. The minimum absolute atomic E-state index is 0.157. The van der Waals surface area contributed by atoms with Crippen molar-refractivity contribution in [2.75, 3.05) is 13.1 Å². The zero-order chi connectivity index (χ0) is 11.4. The lowest BCUT2D eigenvalue weighted by Crippen LogP contribution is -2.33. The predicted octanol–water partition coefficient (Wildman–Crippen LogP) is 2.22. The van der Waals surface area contributed by atoms with E-state index in [1.807, 2.05) is 0 Å². The number of rotatable bonds is 5. The van der Waals surface area contributed by atoms with Gasteiger partial charge in [0.05, 0.1) is 5.92 Å². The average Bonchev–Trinajstić information content (AvgIpc) is 2.56. The summed E-state index contributed by atoms with van der Waals surface area (Å²) < 4.78 is 0. The van der Waals surface area contributed by atoms with Crippen LogP contribution in [0.5, 0.6) is 0 Å². The van der Waals surface area contributed by atoms with E-state index in [4.69, 9.17) is 5.11 Å². The Hall–Kier alpha value is -0.570. The van der Waals surface area contributed by atoms with Crippen LogP contribution in [0.25, 0.3) is 0 Å². The normalized spacial score (nSPS) is 29.3. The molecule has 0 saturated carbocycles. The molecule has 1 aliphatic heterocycles. The third kappa shape index (κ3) is 2.94. The largest absolute Gasteiger partial charge is 0.481 e. The molecule has 0 spiro atoms. The van der Waals surface area contributed by atoms with Crippen molar-refractivity contribution in [3.8, 4) is 0 Å². The summed E-state index contributed by atoms with van der Waals surface area (Å²) in [6, 6.07) is 0.585. The van der Waals surface area contributed by atoms with Gasteiger partial charge in [-0.2, -0.15) is 0 Å². The Labute approximate surface area is 92.5 Å². The molecule has 88 valence electrons. The molecule has 0 aromatic carbocycles. The highest BCUT2D eigenvalue weighted by Crippen LogP contribution is 2.27. The molecule has 1 heterocycles. The van der Waals surface area contributed by atoms with E-state index in [0.29, 0.717) is 12.0 Å². The van der Waals surface area contributed by atoms with Gasteiger partial charge in [0, 0.05) is 19.1 Å². The first-order valence-electron chi connectivity index (χ1n) is 6.06. The van der Waals surface area contributed by atoms with Gasteiger partial charge in [-0.25, -0.2) is 0 Å². The fourth-order valence-electron chi connectivity index (χ4n) is 2.60. The third-order valence-electron chi connectivity index (χ3n) is 3.57. The maximum absolute atomic E-state index is 11.0. The summed E-state index contributed by atoms with van der Waals surface area (Å²) in [6.45, 7) is 8.14. The maximum Gasteiger partial charge on any atom is 0.308 e. The van der Waals surface area contributed by atoms with Gasteiger partial charge in [0.1, 0.15) is 0 Å². The van der Waals surface area contributed by atoms with Crippen LogP contribution < -0.4 is 0 Å². The van der Waals surface area contributed by atoms with E-state index in [1.165, 1.54) is 12.8 Å². The molecule has 1 rings (SSSR count). The molecule has 0 aromatic rings. The minimum Gasteiger partial charge on any atom is -0.481 e. The summed E-state index contributed by atoms with van der Waals surface area (Å²) in [5, 5.41) is 9.06. The lowest BCUT2D eigenvalue weighted by molar-refractivity contribution is -0.142. The Morgan fingerprint density at radius 3 is 2.53 bits per heavy atom. The first kappa shape index (κ1) is 12.5. The molecule has 1 fully saturated rings. The van der Waals surface area contributed by atoms with Crippen LogP contribution in [-0.2, 0) is 4.79 Å². The first-order chi connectivity index (χ1) is 7.10. The van der Waals surface area contributed by atoms with Gasteiger partial charge in [-0.3, -0.25) is 9.69 Å². The summed E-state index contributed by atoms with van der Waals surface area (Å²) in [5.41, 5.74) is 0. The molecule has 3 nitrogen and oxygen atoms in total. The monoisotopic (exact) mass is 213 g/mol. The van der Waals surface area contributed by atoms with Gasteiger partial charge >= 0.3 is 5.97 Å². The fraction of sp³-hybridized carbons (Fsp3) is 0.917. The van der Waals surface area contributed by atoms with Gasteiger partial charge in [-0.05, 0) is 18.8 Å². The molecule has 15 heavy (non-hydrogen) atoms. The van der Waals surface area contributed by atoms with E-state index in [0.717, 1.165) is 19.5 Å². The van der Waals surface area contributed by atoms with Crippen LogP contribution in [0.1, 0.15) is 40.0 Å². The fourth-order valence-corrected chi connectivity index (χ4v) is 2.60. The van der Waals surface area contributed by atoms with Crippen LogP contribution in [-0.4, -0.2) is 35.1 Å². The van der Waals surface area contributed by atoms with Gasteiger partial charge < -0.3 is 5.11 Å². The number of carboxylic acids is 1. The lowest BCUT2D eigenvalue weighted by atomic mass is 9.99. The van der Waals surface area contributed by atoms with Crippen molar-refractivity contribution in [1.82, 2.24) is 4.90 Å². The van der Waals surface area contributed by atoms with Crippen molar-refractivity contribution < 1.29 is 9.90 Å². The van der Waals surface area contributed by atoms with Crippen LogP contribution in [0.3, 0.4) is 0 Å². The van der Waals surface area contributed by atoms with E-state index in [1.54, 1.807) is 0 Å². The summed E-state index contributed by atoms with van der Waals surface area (Å²) in [5.74, 6) is -0.485. The Balaban J connectivity index is 2.55. The second kappa shape index (κ2) is 5.50. The Kier molecular flexibility index (Phi) is 4.58. The van der Waals surface area contributed by atoms with E-state index < -0.39 is 5.97 Å². The number of hydrogen-bond acceptors (Lipinski definition) is 2. The molecule has 3 heteroatoms. The van der Waals surface area contributed by atoms with Crippen molar-refractivity contribution in [3.63, 3.8) is 0 Å². The number of hydrogen-bond donors (Lipinski definition) is 1.